The zero-order valence-corrected chi connectivity index (χ0v) is 24.2. The maximum absolute atomic E-state index is 11.9. The quantitative estimate of drug-likeness (QED) is 0.182. The number of benzene rings is 4. The molecule has 0 spiro atoms. The van der Waals surface area contributed by atoms with Crippen molar-refractivity contribution >= 4 is 15.9 Å². The molecule has 0 saturated heterocycles. The minimum atomic E-state index is -0.625. The van der Waals surface area contributed by atoms with E-state index in [0.29, 0.717) is 6.61 Å². The van der Waals surface area contributed by atoms with Gasteiger partial charge in [0.05, 0.1) is 19.8 Å². The van der Waals surface area contributed by atoms with Gasteiger partial charge in [-0.25, -0.2) is 8.78 Å². The van der Waals surface area contributed by atoms with Gasteiger partial charge in [-0.05, 0) is 33.4 Å². The molecule has 36 heavy (non-hydrogen) atoms. The number of alkyl halides is 3. The molecule has 0 atom stereocenters. The van der Waals surface area contributed by atoms with Gasteiger partial charge in [0.1, 0.15) is 13.3 Å². The summed E-state index contributed by atoms with van der Waals surface area (Å²) in [5, 5.41) is 8.42. The van der Waals surface area contributed by atoms with Gasteiger partial charge in [-0.1, -0.05) is 125 Å². The second-order valence-electron chi connectivity index (χ2n) is 7.41. The Morgan fingerprint density at radius 1 is 0.611 bits per heavy atom. The Hall–Kier alpha value is -1.86. The minimum Gasteiger partial charge on any atom is -1.00 e. The number of aliphatic hydroxyl groups excluding tert-OH is 1. The third-order valence-electron chi connectivity index (χ3n) is 4.85. The van der Waals surface area contributed by atoms with E-state index in [2.05, 4.69) is 88.7 Å². The van der Waals surface area contributed by atoms with Gasteiger partial charge in [0.25, 0.3) is 0 Å². The van der Waals surface area contributed by atoms with Gasteiger partial charge >= 0.3 is 29.6 Å². The molecule has 0 aliphatic carbocycles. The van der Waals surface area contributed by atoms with Crippen LogP contribution in [0.2, 0.25) is 0 Å². The molecular weight excluding hydrogens is 533 g/mol. The van der Waals surface area contributed by atoms with Crippen molar-refractivity contribution in [2.45, 2.75) is 11.9 Å². The smallest absolute Gasteiger partial charge is 1.00 e. The third kappa shape index (κ3) is 12.4. The van der Waals surface area contributed by atoms with E-state index < -0.39 is 13.3 Å². The first-order valence-electron chi connectivity index (χ1n) is 11.4. The summed E-state index contributed by atoms with van der Waals surface area (Å²) >= 11 is 3.44. The summed E-state index contributed by atoms with van der Waals surface area (Å²) < 4.78 is 27.5. The van der Waals surface area contributed by atoms with Crippen molar-refractivity contribution in [1.82, 2.24) is 0 Å². The van der Waals surface area contributed by atoms with Crippen LogP contribution in [0.25, 0.3) is 22.3 Å². The van der Waals surface area contributed by atoms with Crippen LogP contribution in [-0.4, -0.2) is 31.7 Å². The van der Waals surface area contributed by atoms with E-state index >= 15 is 0 Å². The molecule has 186 valence electrons. The van der Waals surface area contributed by atoms with E-state index in [0.717, 1.165) is 10.9 Å². The van der Waals surface area contributed by atoms with Crippen molar-refractivity contribution in [3.05, 3.63) is 120 Å². The first-order valence-corrected chi connectivity index (χ1v) is 12.5. The van der Waals surface area contributed by atoms with Crippen LogP contribution in [0.3, 0.4) is 0 Å². The van der Waals surface area contributed by atoms with Crippen LogP contribution >= 0.6 is 15.9 Å². The maximum Gasteiger partial charge on any atom is 1.00 e. The number of halogens is 3. The molecule has 0 saturated carbocycles. The van der Waals surface area contributed by atoms with E-state index in [9.17, 15) is 8.78 Å². The van der Waals surface area contributed by atoms with Crippen molar-refractivity contribution < 1.29 is 49.6 Å². The van der Waals surface area contributed by atoms with Crippen molar-refractivity contribution in [3.63, 3.8) is 0 Å². The summed E-state index contributed by atoms with van der Waals surface area (Å²) in [4.78, 5) is 0. The van der Waals surface area contributed by atoms with Crippen LogP contribution in [0.1, 0.15) is 12.6 Å². The Kier molecular flexibility index (Phi) is 18.1. The van der Waals surface area contributed by atoms with Crippen LogP contribution in [0, 0.1) is 0 Å². The van der Waals surface area contributed by atoms with E-state index in [4.69, 9.17) is 9.84 Å². The molecule has 1 N–H and O–H groups in total. The zero-order valence-electron chi connectivity index (χ0n) is 21.6. The molecule has 6 heteroatoms. The van der Waals surface area contributed by atoms with Crippen LogP contribution in [0.4, 0.5) is 8.78 Å². The molecule has 2 nitrogen and oxygen atoms in total. The van der Waals surface area contributed by atoms with E-state index in [1.54, 1.807) is 0 Å². The SMILES string of the molecule is BrCc1ccc(-c2ccccc2)cc1.FCCOCc1ccc(-c2ccccc2)cc1.OCCF.[H-].[Na+]. The topological polar surface area (TPSA) is 29.5 Å². The molecular formula is C30H32BrF2NaO2. The number of hydrogen-bond acceptors (Lipinski definition) is 2. The van der Waals surface area contributed by atoms with Gasteiger partial charge in [-0.3, -0.25) is 0 Å². The molecule has 0 aliphatic heterocycles. The van der Waals surface area contributed by atoms with Crippen LogP contribution in [-0.2, 0) is 16.7 Å². The molecule has 4 aromatic rings. The molecule has 4 aromatic carbocycles. The number of rotatable bonds is 8. The van der Waals surface area contributed by atoms with Crippen molar-refractivity contribution in [2.75, 3.05) is 26.6 Å². The van der Waals surface area contributed by atoms with Gasteiger partial charge in [0.15, 0.2) is 0 Å². The Bertz CT molecular complexity index is 1050. The van der Waals surface area contributed by atoms with Gasteiger partial charge in [0.2, 0.25) is 0 Å². The Morgan fingerprint density at radius 2 is 1.00 bits per heavy atom. The maximum atomic E-state index is 11.9. The summed E-state index contributed by atoms with van der Waals surface area (Å²) in [5.74, 6) is 0. The normalized spacial score (nSPS) is 9.67. The molecule has 0 unspecified atom stereocenters. The van der Waals surface area contributed by atoms with Gasteiger partial charge < -0.3 is 11.3 Å². The van der Waals surface area contributed by atoms with Gasteiger partial charge in [-0.2, -0.15) is 0 Å². The van der Waals surface area contributed by atoms with Crippen molar-refractivity contribution in [2.24, 2.45) is 0 Å². The second kappa shape index (κ2) is 20.2. The Labute approximate surface area is 245 Å². The average molecular weight is 565 g/mol. The largest absolute Gasteiger partial charge is 1.00 e. The standard InChI is InChI=1S/C15H15FO.C13H11Br.C2H5FO.Na.H/c16-10-11-17-12-13-6-8-15(9-7-13)14-4-2-1-3-5-14;14-10-11-6-8-13(9-7-11)12-4-2-1-3-5-12;3-1-2-4;;/h1-9H,10-12H2;1-9H,10H2;4H,1-2H2;;/q;;;+1;-1. The molecule has 0 aliphatic rings. The van der Waals surface area contributed by atoms with Crippen molar-refractivity contribution in [1.29, 1.82) is 0 Å². The van der Waals surface area contributed by atoms with E-state index in [1.807, 2.05) is 36.4 Å². The summed E-state index contributed by atoms with van der Waals surface area (Å²) in [6.45, 7) is -0.762. The molecule has 0 radical (unpaired) electrons. The zero-order chi connectivity index (χ0) is 25.1. The second-order valence-corrected chi connectivity index (χ2v) is 7.97. The van der Waals surface area contributed by atoms with Gasteiger partial charge in [-0.15, -0.1) is 0 Å². The van der Waals surface area contributed by atoms with Gasteiger partial charge in [0, 0.05) is 5.33 Å². The monoisotopic (exact) mass is 564 g/mol. The fourth-order valence-electron chi connectivity index (χ4n) is 3.09. The number of ether oxygens (including phenoxy) is 1. The molecule has 4 rings (SSSR count). The summed E-state index contributed by atoms with van der Waals surface area (Å²) in [5.41, 5.74) is 7.30. The fraction of sp³-hybridized carbons (Fsp3) is 0.200. The van der Waals surface area contributed by atoms with Crippen molar-refractivity contribution in [3.8, 4) is 22.3 Å². The number of hydrogen-bond donors (Lipinski definition) is 1. The third-order valence-corrected chi connectivity index (χ3v) is 5.50. The average Bonchev–Trinajstić information content (AvgIpc) is 2.95. The molecule has 0 heterocycles. The van der Waals surface area contributed by atoms with Crippen LogP contribution in [0.15, 0.2) is 109 Å². The fourth-order valence-corrected chi connectivity index (χ4v) is 3.46. The van der Waals surface area contributed by atoms with Crippen LogP contribution < -0.4 is 29.6 Å². The minimum absolute atomic E-state index is 0. The molecule has 0 amide bonds. The Morgan fingerprint density at radius 3 is 1.36 bits per heavy atom. The predicted molar refractivity (Wildman–Crippen MR) is 146 cm³/mol. The molecule has 0 aromatic heterocycles. The first kappa shape index (κ1) is 32.2. The van der Waals surface area contributed by atoms with Crippen LogP contribution in [0.5, 0.6) is 0 Å². The number of aliphatic hydroxyl groups is 1. The van der Waals surface area contributed by atoms with E-state index in [-0.39, 0.29) is 44.2 Å². The first-order chi connectivity index (χ1) is 17.2. The van der Waals surface area contributed by atoms with E-state index in [1.165, 1.54) is 27.8 Å². The summed E-state index contributed by atoms with van der Waals surface area (Å²) in [7, 11) is 0. The Balaban J connectivity index is 0.000000592. The molecule has 0 fully saturated rings. The summed E-state index contributed by atoms with van der Waals surface area (Å²) in [6.07, 6.45) is 0. The molecule has 0 bridgehead atoms. The predicted octanol–water partition coefficient (Wildman–Crippen LogP) is 5.15. The summed E-state index contributed by atoms with van der Waals surface area (Å²) in [6, 6.07) is 37.4.